The predicted molar refractivity (Wildman–Crippen MR) is 36.9 cm³/mol. The van der Waals surface area contributed by atoms with Gasteiger partial charge in [0.1, 0.15) is 5.76 Å². The quantitative estimate of drug-likeness (QED) is 0.665. The molecule has 1 rings (SSSR count). The van der Waals surface area contributed by atoms with Crippen LogP contribution in [0.25, 0.3) is 0 Å². The molecule has 0 aromatic carbocycles. The Morgan fingerprint density at radius 3 is 3.00 bits per heavy atom. The molecular weight excluding hydrogens is 154 g/mol. The normalized spacial score (nSPS) is 13.5. The first kappa shape index (κ1) is 7.57. The van der Waals surface area contributed by atoms with E-state index in [9.17, 15) is 0 Å². The predicted octanol–water partition coefficient (Wildman–Crippen LogP) is 1.26. The van der Waals surface area contributed by atoms with Crippen molar-refractivity contribution in [1.29, 1.82) is 0 Å². The number of aryl methyl sites for hydroxylation is 1. The number of rotatable bonds is 2. The molecule has 0 bridgehead atoms. The smallest absolute Gasteiger partial charge is 0.139 e. The summed E-state index contributed by atoms with van der Waals surface area (Å²) in [6.45, 7) is 1.73. The van der Waals surface area contributed by atoms with Crippen molar-refractivity contribution in [2.24, 2.45) is 0 Å². The monoisotopic (exact) mass is 161 g/mol. The average Bonchev–Trinajstić information content (AvgIpc) is 2.34. The molecule has 0 spiro atoms. The fourth-order valence-corrected chi connectivity index (χ4v) is 0.876. The van der Waals surface area contributed by atoms with Gasteiger partial charge in [0.05, 0.1) is 18.2 Å². The summed E-state index contributed by atoms with van der Waals surface area (Å²) in [6, 6.07) is 0. The lowest BCUT2D eigenvalue weighted by Gasteiger charge is -2.01. The fraction of sp³-hybridized carbons (Fsp3) is 0.500. The van der Waals surface area contributed by atoms with Gasteiger partial charge in [0.2, 0.25) is 0 Å². The molecule has 0 amide bonds. The van der Waals surface area contributed by atoms with Crippen LogP contribution in [0.15, 0.2) is 10.7 Å². The van der Waals surface area contributed by atoms with Crippen LogP contribution >= 0.6 is 11.6 Å². The van der Waals surface area contributed by atoms with Crippen LogP contribution in [-0.4, -0.2) is 16.1 Å². The van der Waals surface area contributed by atoms with Gasteiger partial charge in [-0.25, -0.2) is 0 Å². The Bertz CT molecular complexity index is 211. The molecule has 1 N–H and O–H groups in total. The second-order valence-electron chi connectivity index (χ2n) is 2.01. The summed E-state index contributed by atoms with van der Waals surface area (Å²) in [7, 11) is 0. The Kier molecular flexibility index (Phi) is 2.29. The molecule has 0 aliphatic heterocycles. The van der Waals surface area contributed by atoms with E-state index in [2.05, 4.69) is 5.16 Å². The summed E-state index contributed by atoms with van der Waals surface area (Å²) >= 11 is 5.40. The van der Waals surface area contributed by atoms with Gasteiger partial charge in [0.15, 0.2) is 0 Å². The summed E-state index contributed by atoms with van der Waals surface area (Å²) in [4.78, 5) is 0. The third-order valence-corrected chi connectivity index (χ3v) is 1.59. The first-order valence-electron chi connectivity index (χ1n) is 2.91. The van der Waals surface area contributed by atoms with Gasteiger partial charge in [0.25, 0.3) is 0 Å². The molecule has 0 saturated heterocycles. The van der Waals surface area contributed by atoms with Crippen molar-refractivity contribution in [3.63, 3.8) is 0 Å². The first-order chi connectivity index (χ1) is 4.75. The third-order valence-electron chi connectivity index (χ3n) is 1.29. The van der Waals surface area contributed by atoms with Gasteiger partial charge in [-0.1, -0.05) is 5.16 Å². The second kappa shape index (κ2) is 3.03. The zero-order valence-corrected chi connectivity index (χ0v) is 6.30. The summed E-state index contributed by atoms with van der Waals surface area (Å²) in [6.07, 6.45) is 0.815. The summed E-state index contributed by atoms with van der Waals surface area (Å²) < 4.78 is 4.72. The minimum absolute atomic E-state index is 0.169. The highest BCUT2D eigenvalue weighted by molar-refractivity contribution is 6.18. The van der Waals surface area contributed by atoms with E-state index in [0.717, 1.165) is 0 Å². The van der Waals surface area contributed by atoms with Gasteiger partial charge in [-0.15, -0.1) is 11.6 Å². The highest BCUT2D eigenvalue weighted by atomic mass is 35.5. The minimum Gasteiger partial charge on any atom is -0.387 e. The van der Waals surface area contributed by atoms with Crippen molar-refractivity contribution >= 4 is 11.6 Å². The standard InChI is InChI=1S/C6H8ClNO2/c1-4-5(3-8-10-4)6(9)2-7/h3,6,9H,2H2,1H3. The summed E-state index contributed by atoms with van der Waals surface area (Å²) in [5, 5.41) is 12.7. The van der Waals surface area contributed by atoms with Crippen molar-refractivity contribution in [3.8, 4) is 0 Å². The van der Waals surface area contributed by atoms with Crippen LogP contribution < -0.4 is 0 Å². The highest BCUT2D eigenvalue weighted by Gasteiger charge is 2.11. The van der Waals surface area contributed by atoms with Gasteiger partial charge in [-0.3, -0.25) is 0 Å². The number of nitrogens with zero attached hydrogens (tertiary/aromatic N) is 1. The van der Waals surface area contributed by atoms with Gasteiger partial charge in [-0.05, 0) is 6.92 Å². The number of hydrogen-bond donors (Lipinski definition) is 1. The lowest BCUT2D eigenvalue weighted by atomic mass is 10.2. The highest BCUT2D eigenvalue weighted by Crippen LogP contribution is 2.17. The van der Waals surface area contributed by atoms with E-state index in [4.69, 9.17) is 21.2 Å². The number of aliphatic hydroxyl groups excluding tert-OH is 1. The van der Waals surface area contributed by atoms with Gasteiger partial charge < -0.3 is 9.63 Å². The van der Waals surface area contributed by atoms with Crippen LogP contribution in [0, 0.1) is 6.92 Å². The van der Waals surface area contributed by atoms with Gasteiger partial charge in [-0.2, -0.15) is 0 Å². The molecule has 0 aliphatic carbocycles. The minimum atomic E-state index is -0.659. The van der Waals surface area contributed by atoms with E-state index < -0.39 is 6.10 Å². The number of aromatic nitrogens is 1. The molecule has 4 heteroatoms. The molecule has 0 fully saturated rings. The van der Waals surface area contributed by atoms with Crippen LogP contribution in [-0.2, 0) is 0 Å². The molecule has 1 atom stereocenters. The average molecular weight is 162 g/mol. The molecule has 0 aliphatic rings. The maximum Gasteiger partial charge on any atom is 0.139 e. The van der Waals surface area contributed by atoms with E-state index in [1.807, 2.05) is 0 Å². The zero-order chi connectivity index (χ0) is 7.56. The molecule has 1 aromatic heterocycles. The lowest BCUT2D eigenvalue weighted by molar-refractivity contribution is 0.200. The molecular formula is C6H8ClNO2. The Morgan fingerprint density at radius 2 is 2.60 bits per heavy atom. The van der Waals surface area contributed by atoms with Crippen LogP contribution in [0.4, 0.5) is 0 Å². The van der Waals surface area contributed by atoms with Crippen molar-refractivity contribution < 1.29 is 9.63 Å². The molecule has 1 aromatic rings. The van der Waals surface area contributed by atoms with Crippen molar-refractivity contribution in [2.45, 2.75) is 13.0 Å². The third kappa shape index (κ3) is 1.30. The first-order valence-corrected chi connectivity index (χ1v) is 3.44. The molecule has 3 nitrogen and oxygen atoms in total. The van der Waals surface area contributed by atoms with E-state index in [1.54, 1.807) is 6.92 Å². The van der Waals surface area contributed by atoms with E-state index in [0.29, 0.717) is 11.3 Å². The molecule has 56 valence electrons. The number of halogens is 1. The van der Waals surface area contributed by atoms with Crippen molar-refractivity contribution in [1.82, 2.24) is 5.16 Å². The Morgan fingerprint density at radius 1 is 1.90 bits per heavy atom. The Balaban J connectivity index is 2.82. The van der Waals surface area contributed by atoms with Crippen LogP contribution in [0.1, 0.15) is 17.4 Å². The van der Waals surface area contributed by atoms with E-state index in [1.165, 1.54) is 6.20 Å². The molecule has 1 heterocycles. The summed E-state index contributed by atoms with van der Waals surface area (Å²) in [5.41, 5.74) is 0.662. The zero-order valence-electron chi connectivity index (χ0n) is 5.54. The second-order valence-corrected chi connectivity index (χ2v) is 2.32. The van der Waals surface area contributed by atoms with Crippen molar-refractivity contribution in [3.05, 3.63) is 17.5 Å². The number of hydrogen-bond acceptors (Lipinski definition) is 3. The van der Waals surface area contributed by atoms with Crippen LogP contribution in [0.5, 0.6) is 0 Å². The number of alkyl halides is 1. The maximum absolute atomic E-state index is 9.17. The summed E-state index contributed by atoms with van der Waals surface area (Å²) in [5.74, 6) is 0.787. The molecule has 10 heavy (non-hydrogen) atoms. The molecule has 0 radical (unpaired) electrons. The van der Waals surface area contributed by atoms with Gasteiger partial charge >= 0.3 is 0 Å². The molecule has 1 unspecified atom stereocenters. The Labute approximate surface area is 63.6 Å². The molecule has 0 saturated carbocycles. The van der Waals surface area contributed by atoms with E-state index in [-0.39, 0.29) is 5.88 Å². The van der Waals surface area contributed by atoms with E-state index >= 15 is 0 Å². The maximum atomic E-state index is 9.17. The largest absolute Gasteiger partial charge is 0.387 e. The van der Waals surface area contributed by atoms with Gasteiger partial charge in [0, 0.05) is 5.56 Å². The fourth-order valence-electron chi connectivity index (χ4n) is 0.710. The van der Waals surface area contributed by atoms with Crippen LogP contribution in [0.3, 0.4) is 0 Å². The van der Waals surface area contributed by atoms with Crippen LogP contribution in [0.2, 0.25) is 0 Å². The van der Waals surface area contributed by atoms with Crippen molar-refractivity contribution in [2.75, 3.05) is 5.88 Å². The topological polar surface area (TPSA) is 46.3 Å². The lowest BCUT2D eigenvalue weighted by Crippen LogP contribution is -1.97. The number of aliphatic hydroxyl groups is 1. The SMILES string of the molecule is Cc1oncc1C(O)CCl. The Hall–Kier alpha value is -0.540.